The molecule has 0 amide bonds. The van der Waals surface area contributed by atoms with Crippen LogP contribution in [0.15, 0.2) is 55.1 Å². The molecule has 3 aromatic rings. The second-order valence-electron chi connectivity index (χ2n) is 7.78. The minimum absolute atomic E-state index is 0.643. The van der Waals surface area contributed by atoms with Crippen LogP contribution >= 0.6 is 0 Å². The van der Waals surface area contributed by atoms with E-state index >= 15 is 0 Å². The second kappa shape index (κ2) is 8.85. The van der Waals surface area contributed by atoms with Crippen molar-refractivity contribution in [3.8, 4) is 22.6 Å². The van der Waals surface area contributed by atoms with Crippen LogP contribution in [-0.2, 0) is 4.74 Å². The topological polar surface area (TPSA) is 67.3 Å². The number of morpholine rings is 1. The highest BCUT2D eigenvalue weighted by Crippen LogP contribution is 2.28. The maximum Gasteiger partial charge on any atom is 0.162 e. The Hall–Kier alpha value is -2.90. The van der Waals surface area contributed by atoms with E-state index in [1.165, 1.54) is 0 Å². The molecule has 0 unspecified atom stereocenters. The van der Waals surface area contributed by atoms with E-state index in [0.29, 0.717) is 6.04 Å². The van der Waals surface area contributed by atoms with Gasteiger partial charge in [0.2, 0.25) is 0 Å². The lowest BCUT2D eigenvalue weighted by Gasteiger charge is -2.40. The van der Waals surface area contributed by atoms with Crippen molar-refractivity contribution in [2.75, 3.05) is 44.3 Å². The van der Waals surface area contributed by atoms with Gasteiger partial charge in [-0.05, 0) is 37.1 Å². The average molecular weight is 403 g/mol. The van der Waals surface area contributed by atoms with Crippen LogP contribution in [0.1, 0.15) is 12.8 Å². The molecule has 2 saturated heterocycles. The summed E-state index contributed by atoms with van der Waals surface area (Å²) in [6.07, 6.45) is 9.50. The zero-order valence-corrected chi connectivity index (χ0v) is 17.0. The first-order valence-corrected chi connectivity index (χ1v) is 10.6. The van der Waals surface area contributed by atoms with Gasteiger partial charge in [-0.1, -0.05) is 0 Å². The van der Waals surface area contributed by atoms with Crippen LogP contribution in [0, 0.1) is 0 Å². The summed E-state index contributed by atoms with van der Waals surface area (Å²) in [7, 11) is 0. The van der Waals surface area contributed by atoms with Crippen molar-refractivity contribution in [1.82, 2.24) is 24.8 Å². The number of nitrogens with zero attached hydrogens (tertiary/aromatic N) is 6. The number of rotatable bonds is 4. The summed E-state index contributed by atoms with van der Waals surface area (Å²) in [5.41, 5.74) is 2.87. The number of anilines is 1. The van der Waals surface area contributed by atoms with E-state index in [2.05, 4.69) is 25.8 Å². The van der Waals surface area contributed by atoms with Gasteiger partial charge in [0.1, 0.15) is 5.82 Å². The molecule has 0 aliphatic carbocycles. The van der Waals surface area contributed by atoms with Gasteiger partial charge in [0, 0.05) is 74.2 Å². The first-order valence-electron chi connectivity index (χ1n) is 10.6. The summed E-state index contributed by atoms with van der Waals surface area (Å²) < 4.78 is 5.51. The third kappa shape index (κ3) is 4.17. The fourth-order valence-electron chi connectivity index (χ4n) is 4.29. The maximum atomic E-state index is 5.51. The smallest absolute Gasteiger partial charge is 0.162 e. The molecular weight excluding hydrogens is 376 g/mol. The molecule has 5 heterocycles. The zero-order valence-electron chi connectivity index (χ0n) is 17.0. The summed E-state index contributed by atoms with van der Waals surface area (Å²) in [6.45, 7) is 5.82. The highest BCUT2D eigenvalue weighted by Gasteiger charge is 2.27. The fraction of sp³-hybridized carbons (Fsp3) is 0.391. The summed E-state index contributed by atoms with van der Waals surface area (Å²) in [5, 5.41) is 0. The quantitative estimate of drug-likeness (QED) is 0.665. The maximum absolute atomic E-state index is 5.51. The Morgan fingerprint density at radius 3 is 2.37 bits per heavy atom. The van der Waals surface area contributed by atoms with Crippen molar-refractivity contribution < 1.29 is 4.74 Å². The van der Waals surface area contributed by atoms with Gasteiger partial charge >= 0.3 is 0 Å². The van der Waals surface area contributed by atoms with Gasteiger partial charge in [-0.3, -0.25) is 14.9 Å². The molecule has 0 N–H and O–H groups in total. The van der Waals surface area contributed by atoms with E-state index in [4.69, 9.17) is 14.7 Å². The Morgan fingerprint density at radius 1 is 0.833 bits per heavy atom. The lowest BCUT2D eigenvalue weighted by molar-refractivity contribution is 0.0115. The minimum Gasteiger partial charge on any atom is -0.379 e. The van der Waals surface area contributed by atoms with Gasteiger partial charge < -0.3 is 9.64 Å². The molecule has 2 aliphatic rings. The van der Waals surface area contributed by atoms with Gasteiger partial charge in [0.05, 0.1) is 18.9 Å². The highest BCUT2D eigenvalue weighted by atomic mass is 16.5. The molecule has 0 radical (unpaired) electrons. The van der Waals surface area contributed by atoms with Gasteiger partial charge in [0.15, 0.2) is 5.82 Å². The minimum atomic E-state index is 0.643. The summed E-state index contributed by atoms with van der Waals surface area (Å²) in [5.74, 6) is 1.71. The van der Waals surface area contributed by atoms with Gasteiger partial charge in [-0.15, -0.1) is 0 Å². The standard InChI is InChI=1S/C23H26N6O/c1-2-19(17-25-7-1)21-16-22(27-23(26-21)18-3-8-24-9-4-18)29-10-5-20(6-11-29)28-12-14-30-15-13-28/h1-4,7-9,16-17,20H,5-6,10-15H2. The number of piperidine rings is 1. The van der Waals surface area contributed by atoms with E-state index in [9.17, 15) is 0 Å². The molecule has 154 valence electrons. The molecule has 0 atom stereocenters. The van der Waals surface area contributed by atoms with E-state index < -0.39 is 0 Å². The molecule has 0 spiro atoms. The van der Waals surface area contributed by atoms with Crippen molar-refractivity contribution in [2.45, 2.75) is 18.9 Å². The molecule has 3 aromatic heterocycles. The molecular formula is C23H26N6O. The Bertz CT molecular complexity index is 896. The van der Waals surface area contributed by atoms with Crippen LogP contribution in [0.4, 0.5) is 5.82 Å². The van der Waals surface area contributed by atoms with Crippen LogP contribution < -0.4 is 4.90 Å². The number of hydrogen-bond acceptors (Lipinski definition) is 7. The van der Waals surface area contributed by atoms with Crippen molar-refractivity contribution in [1.29, 1.82) is 0 Å². The fourth-order valence-corrected chi connectivity index (χ4v) is 4.29. The zero-order chi connectivity index (χ0) is 20.2. The molecule has 7 heteroatoms. The third-order valence-electron chi connectivity index (χ3n) is 5.96. The van der Waals surface area contributed by atoms with Crippen LogP contribution in [0.5, 0.6) is 0 Å². The monoisotopic (exact) mass is 402 g/mol. The Balaban J connectivity index is 1.41. The largest absolute Gasteiger partial charge is 0.379 e. The average Bonchev–Trinajstić information content (AvgIpc) is 2.85. The Kier molecular flexibility index (Phi) is 5.63. The van der Waals surface area contributed by atoms with E-state index in [0.717, 1.165) is 80.7 Å². The van der Waals surface area contributed by atoms with Crippen molar-refractivity contribution in [2.24, 2.45) is 0 Å². The van der Waals surface area contributed by atoms with Crippen molar-refractivity contribution in [3.63, 3.8) is 0 Å². The number of hydrogen-bond donors (Lipinski definition) is 0. The number of ether oxygens (including phenoxy) is 1. The molecule has 7 nitrogen and oxygen atoms in total. The Morgan fingerprint density at radius 2 is 1.63 bits per heavy atom. The van der Waals surface area contributed by atoms with E-state index in [-0.39, 0.29) is 0 Å². The highest BCUT2D eigenvalue weighted by molar-refractivity contribution is 5.67. The first-order chi connectivity index (χ1) is 14.9. The predicted octanol–water partition coefficient (Wildman–Crippen LogP) is 2.90. The molecule has 0 bridgehead atoms. The van der Waals surface area contributed by atoms with Crippen LogP contribution in [0.3, 0.4) is 0 Å². The van der Waals surface area contributed by atoms with Crippen LogP contribution in [0.25, 0.3) is 22.6 Å². The van der Waals surface area contributed by atoms with Gasteiger partial charge in [-0.2, -0.15) is 0 Å². The normalized spacial score (nSPS) is 18.5. The van der Waals surface area contributed by atoms with Gasteiger partial charge in [0.25, 0.3) is 0 Å². The van der Waals surface area contributed by atoms with Crippen LogP contribution in [0.2, 0.25) is 0 Å². The van der Waals surface area contributed by atoms with E-state index in [1.807, 2.05) is 30.5 Å². The molecule has 2 fully saturated rings. The molecule has 30 heavy (non-hydrogen) atoms. The number of pyridine rings is 2. The van der Waals surface area contributed by atoms with Crippen LogP contribution in [-0.4, -0.2) is 70.3 Å². The van der Waals surface area contributed by atoms with Crippen molar-refractivity contribution in [3.05, 3.63) is 55.1 Å². The second-order valence-corrected chi connectivity index (χ2v) is 7.78. The lowest BCUT2D eigenvalue weighted by atomic mass is 10.0. The third-order valence-corrected chi connectivity index (χ3v) is 5.96. The molecule has 5 rings (SSSR count). The van der Waals surface area contributed by atoms with Crippen molar-refractivity contribution >= 4 is 5.82 Å². The molecule has 0 saturated carbocycles. The molecule has 2 aliphatic heterocycles. The summed E-state index contributed by atoms with van der Waals surface area (Å²) in [6, 6.07) is 10.6. The molecule has 0 aromatic carbocycles. The lowest BCUT2D eigenvalue weighted by Crippen LogP contribution is -2.49. The Labute approximate surface area is 176 Å². The SMILES string of the molecule is c1cncc(-c2cc(N3CCC(N4CCOCC4)CC3)nc(-c3ccncc3)n2)c1. The van der Waals surface area contributed by atoms with E-state index in [1.54, 1.807) is 18.6 Å². The predicted molar refractivity (Wildman–Crippen MR) is 116 cm³/mol. The summed E-state index contributed by atoms with van der Waals surface area (Å²) in [4.78, 5) is 23.1. The van der Waals surface area contributed by atoms with Gasteiger partial charge in [-0.25, -0.2) is 9.97 Å². The summed E-state index contributed by atoms with van der Waals surface area (Å²) >= 11 is 0. The first kappa shape index (κ1) is 19.1. The number of aromatic nitrogens is 4.